The molecule has 2 aliphatic heterocycles. The molecule has 21 rings (SSSR count). The van der Waals surface area contributed by atoms with Crippen LogP contribution in [0.2, 0.25) is 0 Å². The van der Waals surface area contributed by atoms with Gasteiger partial charge in [-0.25, -0.2) is 0 Å². The SMILES string of the molecule is [2H]c1c([2H])c([2H])c2c(c1[2H])c1c([2H])c([2H])c([2H])c([2H])c1n2-c1ccc2c(c1)N(c1c(-c3ccccc3)cc(C(C)(C)C)cc1-c1ccccc1)c1cc(-n3c4c([2H])c([2H])c([2H])c([2H])c4c4c([2H])c([2H])c([2H])c([2H])c43)cc3c1B2c1ccc(-c2cc(C(C)(C)C)cc(C(C)(C)C)c2)cc1N3c1cccc2c1oc1c(-c3ccc4c(c3)sc3ccccc34)cccc12. The lowest BCUT2D eigenvalue weighted by Crippen LogP contribution is -2.61. The molecule has 19 aromatic rings. The van der Waals surface area contributed by atoms with Crippen LogP contribution in [-0.4, -0.2) is 15.8 Å². The van der Waals surface area contributed by atoms with Gasteiger partial charge >= 0.3 is 0 Å². The molecule has 5 nitrogen and oxygen atoms in total. The number of thiophene rings is 1. The molecule has 109 heavy (non-hydrogen) atoms. The maximum absolute atomic E-state index is 10.2. The Labute approximate surface area is 662 Å². The normalized spacial score (nSPS) is 15.2. The van der Waals surface area contributed by atoms with Crippen LogP contribution in [0.4, 0.5) is 34.1 Å². The van der Waals surface area contributed by atoms with E-state index in [4.69, 9.17) is 7.16 Å². The van der Waals surface area contributed by atoms with Crippen molar-refractivity contribution in [2.75, 3.05) is 9.80 Å². The Morgan fingerprint density at radius 3 is 1.37 bits per heavy atom. The summed E-state index contributed by atoms with van der Waals surface area (Å²) in [6, 6.07) is 66.4. The van der Waals surface area contributed by atoms with Crippen molar-refractivity contribution >= 4 is 154 Å². The maximum atomic E-state index is 10.2. The summed E-state index contributed by atoms with van der Waals surface area (Å²) in [5, 5.41) is 3.52. The van der Waals surface area contributed by atoms with E-state index in [0.717, 1.165) is 93.0 Å². The van der Waals surface area contributed by atoms with E-state index in [9.17, 15) is 19.2 Å². The molecule has 0 bridgehead atoms. The summed E-state index contributed by atoms with van der Waals surface area (Å²) in [6.07, 6.45) is 0. The lowest BCUT2D eigenvalue weighted by molar-refractivity contribution is 0.569. The average molecular weight is 1440 g/mol. The van der Waals surface area contributed by atoms with Crippen LogP contribution in [0.25, 0.3) is 142 Å². The van der Waals surface area contributed by atoms with Gasteiger partial charge in [0.05, 0.1) is 61.1 Å². The Bertz CT molecular complexity index is 7780. The van der Waals surface area contributed by atoms with E-state index in [0.29, 0.717) is 50.8 Å². The monoisotopic (exact) mass is 1430 g/mol. The van der Waals surface area contributed by atoms with Crippen LogP contribution in [0.1, 0.15) is 101 Å². The molecule has 0 unspecified atom stereocenters. The minimum Gasteiger partial charge on any atom is -0.453 e. The number of furan rings is 1. The van der Waals surface area contributed by atoms with E-state index < -0.39 is 109 Å². The molecular weight excluding hydrogens is 1340 g/mol. The molecule has 7 heteroatoms. The van der Waals surface area contributed by atoms with Gasteiger partial charge in [0, 0.05) is 97.6 Å². The number of para-hydroxylation sites is 6. The number of anilines is 6. The molecule has 0 amide bonds. The molecule has 6 heterocycles. The highest BCUT2D eigenvalue weighted by Crippen LogP contribution is 2.55. The number of hydrogen-bond acceptors (Lipinski definition) is 4. The fraction of sp³-hybridized carbons (Fsp3) is 0.118. The molecule has 0 aliphatic carbocycles. The lowest BCUT2D eigenvalue weighted by atomic mass is 9.33. The van der Waals surface area contributed by atoms with E-state index in [1.165, 1.54) is 14.7 Å². The van der Waals surface area contributed by atoms with Gasteiger partial charge in [0.2, 0.25) is 0 Å². The van der Waals surface area contributed by atoms with Gasteiger partial charge in [-0.2, -0.15) is 0 Å². The van der Waals surface area contributed by atoms with Gasteiger partial charge < -0.3 is 23.4 Å². The minimum atomic E-state index is -0.805. The van der Waals surface area contributed by atoms with Gasteiger partial charge in [0.25, 0.3) is 6.71 Å². The van der Waals surface area contributed by atoms with Gasteiger partial charge in [0.15, 0.2) is 5.58 Å². The van der Waals surface area contributed by atoms with Gasteiger partial charge in [-0.15, -0.1) is 11.3 Å². The van der Waals surface area contributed by atoms with Crippen molar-refractivity contribution in [2.24, 2.45) is 0 Å². The zero-order chi connectivity index (χ0) is 87.4. The molecule has 4 aromatic heterocycles. The first kappa shape index (κ1) is 50.2. The Kier molecular flexibility index (Phi) is 11.1. The van der Waals surface area contributed by atoms with Crippen LogP contribution in [0, 0.1) is 0 Å². The van der Waals surface area contributed by atoms with Crippen molar-refractivity contribution in [1.29, 1.82) is 0 Å². The van der Waals surface area contributed by atoms with Crippen molar-refractivity contribution in [2.45, 2.75) is 78.6 Å². The van der Waals surface area contributed by atoms with Crippen LogP contribution >= 0.6 is 11.3 Å². The molecule has 0 saturated heterocycles. The summed E-state index contributed by atoms with van der Waals surface area (Å²) in [6.45, 7) is 19.0. The molecule has 15 aromatic carbocycles. The Balaban J connectivity index is 0.979. The molecule has 0 atom stereocenters. The van der Waals surface area contributed by atoms with Crippen molar-refractivity contribution in [3.8, 4) is 55.9 Å². The number of nitrogens with zero attached hydrogens (tertiary/aromatic N) is 4. The summed E-state index contributed by atoms with van der Waals surface area (Å²) in [5.41, 5.74) is 15.8. The zero-order valence-corrected chi connectivity index (χ0v) is 62.3. The van der Waals surface area contributed by atoms with Gasteiger partial charge in [-0.05, 0) is 162 Å². The summed E-state index contributed by atoms with van der Waals surface area (Å²) in [5.74, 6) is 0. The molecule has 2 aliphatic rings. The number of benzene rings is 15. The molecule has 0 N–H and O–H groups in total. The molecule has 0 saturated carbocycles. The molecule has 522 valence electrons. The number of aromatic nitrogens is 2. The third-order valence-electron chi connectivity index (χ3n) is 22.4. The molecule has 0 spiro atoms. The molecule has 0 fully saturated rings. The quantitative estimate of drug-likeness (QED) is 0.142. The summed E-state index contributed by atoms with van der Waals surface area (Å²) in [7, 11) is 0. The van der Waals surface area contributed by atoms with Gasteiger partial charge in [-0.3, -0.25) is 0 Å². The van der Waals surface area contributed by atoms with Crippen LogP contribution in [0.15, 0.2) is 319 Å². The number of hydrogen-bond donors (Lipinski definition) is 0. The standard InChI is InChI=1S/C102H79BN4OS/c1-100(2,3)67-52-66(53-68(56-67)101(4,5)6)64-47-50-83-90(54-64)106(89-44-27-39-80-79-38-26-37-72(98(79)108-99(80)89)65-46-49-78-77-36-20-25-45-94(77)109-95(78)55-65)92-60-71(105-87-42-23-18-34-75(87)76-35-19-24-43-88(76)105)61-93-96(92)103(83)84-51-48-70(104-85-40-21-16-32-73(85)74-33-17-22-41-86(74)104)59-91(84)107(93)97-81(62-28-12-10-13-29-62)57-69(102(7,8)9)58-82(97)63-30-14-11-15-31-63/h10-61H,1-9H3/i16D,17D,18D,19D,21D,22D,23D,24D,32D,33D,34D,35D,40D,41D,42D,43D. The van der Waals surface area contributed by atoms with Crippen molar-refractivity contribution in [1.82, 2.24) is 9.13 Å². The minimum absolute atomic E-state index is 0.0873. The highest BCUT2D eigenvalue weighted by atomic mass is 32.1. The van der Waals surface area contributed by atoms with E-state index >= 15 is 0 Å². The first-order valence-electron chi connectivity index (χ1n) is 45.0. The number of fused-ring (bicyclic) bond motifs is 16. The second-order valence-corrected chi connectivity index (χ2v) is 33.1. The zero-order valence-electron chi connectivity index (χ0n) is 77.5. The average Bonchev–Trinajstić information content (AvgIpc) is 1.58. The fourth-order valence-electron chi connectivity index (χ4n) is 17.0. The second-order valence-electron chi connectivity index (χ2n) is 32.0. The highest BCUT2D eigenvalue weighted by molar-refractivity contribution is 7.25. The Morgan fingerprint density at radius 1 is 0.312 bits per heavy atom. The van der Waals surface area contributed by atoms with Gasteiger partial charge in [0.1, 0.15) is 5.58 Å². The van der Waals surface area contributed by atoms with Crippen LogP contribution < -0.4 is 26.2 Å². The van der Waals surface area contributed by atoms with Crippen molar-refractivity contribution in [3.05, 3.63) is 332 Å². The third-order valence-corrected chi connectivity index (χ3v) is 23.6. The van der Waals surface area contributed by atoms with Gasteiger partial charge in [-0.1, -0.05) is 293 Å². The van der Waals surface area contributed by atoms with E-state index in [2.05, 4.69) is 218 Å². The smallest absolute Gasteiger partial charge is 0.252 e. The van der Waals surface area contributed by atoms with E-state index in [1.807, 2.05) is 72.8 Å². The number of rotatable bonds is 8. The summed E-state index contributed by atoms with van der Waals surface area (Å²) in [4.78, 5) is 4.42. The van der Waals surface area contributed by atoms with Crippen LogP contribution in [-0.2, 0) is 16.2 Å². The van der Waals surface area contributed by atoms with Crippen LogP contribution in [0.3, 0.4) is 0 Å². The predicted molar refractivity (Wildman–Crippen MR) is 467 cm³/mol. The summed E-state index contributed by atoms with van der Waals surface area (Å²) < 4.78 is 168. The summed E-state index contributed by atoms with van der Waals surface area (Å²) >= 11 is 1.74. The first-order chi connectivity index (χ1) is 59.6. The fourth-order valence-corrected chi connectivity index (χ4v) is 18.2. The van der Waals surface area contributed by atoms with Crippen molar-refractivity contribution < 1.29 is 26.3 Å². The Hall–Kier alpha value is -12.4. The van der Waals surface area contributed by atoms with Crippen molar-refractivity contribution in [3.63, 3.8) is 0 Å². The second kappa shape index (κ2) is 24.0. The topological polar surface area (TPSA) is 29.5 Å². The first-order valence-corrected chi connectivity index (χ1v) is 37.8. The predicted octanol–water partition coefficient (Wildman–Crippen LogP) is 26.8. The lowest BCUT2D eigenvalue weighted by Gasteiger charge is -2.45. The van der Waals surface area contributed by atoms with E-state index in [1.54, 1.807) is 15.9 Å². The molecular formula is C102H79BN4OS. The maximum Gasteiger partial charge on any atom is 0.252 e. The largest absolute Gasteiger partial charge is 0.453 e. The van der Waals surface area contributed by atoms with Crippen LogP contribution in [0.5, 0.6) is 0 Å². The third kappa shape index (κ3) is 10.1. The van der Waals surface area contributed by atoms with E-state index in [-0.39, 0.29) is 65.8 Å². The molecule has 0 radical (unpaired) electrons. The Morgan fingerprint density at radius 2 is 0.780 bits per heavy atom. The highest BCUT2D eigenvalue weighted by Gasteiger charge is 2.46.